The summed E-state index contributed by atoms with van der Waals surface area (Å²) in [5.41, 5.74) is 0.853. The molecule has 29 heavy (non-hydrogen) atoms. The molecule has 0 bridgehead atoms. The molecule has 1 atom stereocenters. The summed E-state index contributed by atoms with van der Waals surface area (Å²) in [6, 6.07) is 3.53. The van der Waals surface area contributed by atoms with E-state index in [1.807, 2.05) is 30.9 Å². The molecule has 0 radical (unpaired) electrons. The van der Waals surface area contributed by atoms with Crippen molar-refractivity contribution in [2.45, 2.75) is 57.9 Å². The Morgan fingerprint density at radius 3 is 2.79 bits per heavy atom. The third-order valence-corrected chi connectivity index (χ3v) is 5.02. The summed E-state index contributed by atoms with van der Waals surface area (Å²) in [5.74, 6) is 2.57. The third kappa shape index (κ3) is 4.33. The quantitative estimate of drug-likeness (QED) is 0.598. The van der Waals surface area contributed by atoms with Crippen molar-refractivity contribution in [3.8, 4) is 11.4 Å². The molecule has 0 aliphatic carbocycles. The van der Waals surface area contributed by atoms with E-state index >= 15 is 0 Å². The Balaban J connectivity index is 1.32. The summed E-state index contributed by atoms with van der Waals surface area (Å²) in [6.07, 6.45) is 6.77. The number of rotatable bonds is 7. The highest BCUT2D eigenvalue weighted by Gasteiger charge is 2.33. The van der Waals surface area contributed by atoms with Gasteiger partial charge in [-0.2, -0.15) is 9.97 Å². The van der Waals surface area contributed by atoms with Crippen molar-refractivity contribution in [1.29, 1.82) is 0 Å². The first-order valence-electron chi connectivity index (χ1n) is 9.98. The molecule has 0 aromatic carbocycles. The van der Waals surface area contributed by atoms with Crippen LogP contribution in [0.25, 0.3) is 11.4 Å². The molecular formula is C20H24N6O3. The normalized spacial score (nSPS) is 16.7. The maximum absolute atomic E-state index is 12.7. The highest BCUT2D eigenvalue weighted by Crippen LogP contribution is 2.32. The number of pyridine rings is 1. The van der Waals surface area contributed by atoms with E-state index in [4.69, 9.17) is 9.05 Å². The van der Waals surface area contributed by atoms with Crippen molar-refractivity contribution in [1.82, 2.24) is 30.2 Å². The molecule has 1 fully saturated rings. The molecule has 152 valence electrons. The lowest BCUT2D eigenvalue weighted by Crippen LogP contribution is -2.30. The molecule has 4 heterocycles. The summed E-state index contributed by atoms with van der Waals surface area (Å²) in [5, 5.41) is 8.02. The summed E-state index contributed by atoms with van der Waals surface area (Å²) in [7, 11) is 0. The van der Waals surface area contributed by atoms with Gasteiger partial charge in [0.1, 0.15) is 6.04 Å². The molecule has 1 aliphatic heterocycles. The highest BCUT2D eigenvalue weighted by molar-refractivity contribution is 5.76. The van der Waals surface area contributed by atoms with Crippen LogP contribution in [0.2, 0.25) is 0 Å². The van der Waals surface area contributed by atoms with Crippen LogP contribution in [0.1, 0.15) is 69.1 Å². The lowest BCUT2D eigenvalue weighted by Gasteiger charge is -2.21. The molecule has 9 nitrogen and oxygen atoms in total. The second-order valence-corrected chi connectivity index (χ2v) is 7.49. The second-order valence-electron chi connectivity index (χ2n) is 7.49. The van der Waals surface area contributed by atoms with E-state index in [-0.39, 0.29) is 17.9 Å². The van der Waals surface area contributed by atoms with Crippen molar-refractivity contribution >= 4 is 5.91 Å². The molecule has 1 amide bonds. The largest absolute Gasteiger partial charge is 0.339 e. The maximum atomic E-state index is 12.7. The fourth-order valence-electron chi connectivity index (χ4n) is 3.45. The fraction of sp³-hybridized carbons (Fsp3) is 0.500. The first-order chi connectivity index (χ1) is 14.1. The van der Waals surface area contributed by atoms with E-state index in [2.05, 4.69) is 25.3 Å². The number of carbonyl (C=O) groups excluding carboxylic acids is 1. The smallest absolute Gasteiger partial charge is 0.249 e. The van der Waals surface area contributed by atoms with E-state index in [0.29, 0.717) is 42.7 Å². The maximum Gasteiger partial charge on any atom is 0.249 e. The molecular weight excluding hydrogens is 372 g/mol. The molecule has 9 heteroatoms. The van der Waals surface area contributed by atoms with E-state index < -0.39 is 0 Å². The SMILES string of the molecule is CC(C)c1noc([C@@H]2CCCN2C(=O)CCCc2nc(-c3ccncc3)no2)n1. The predicted molar refractivity (Wildman–Crippen MR) is 103 cm³/mol. The van der Waals surface area contributed by atoms with Gasteiger partial charge >= 0.3 is 0 Å². The highest BCUT2D eigenvalue weighted by atomic mass is 16.5. The lowest BCUT2D eigenvalue weighted by atomic mass is 10.2. The summed E-state index contributed by atoms with van der Waals surface area (Å²) >= 11 is 0. The summed E-state index contributed by atoms with van der Waals surface area (Å²) in [4.78, 5) is 27.5. The molecule has 1 saturated heterocycles. The molecule has 4 rings (SSSR count). The molecule has 1 aliphatic rings. The zero-order chi connectivity index (χ0) is 20.2. The molecule has 0 N–H and O–H groups in total. The van der Waals surface area contributed by atoms with Gasteiger partial charge in [-0.25, -0.2) is 0 Å². The van der Waals surface area contributed by atoms with Crippen LogP contribution in [0.5, 0.6) is 0 Å². The molecule has 0 spiro atoms. The van der Waals surface area contributed by atoms with Crippen molar-refractivity contribution in [2.24, 2.45) is 0 Å². The molecule has 0 unspecified atom stereocenters. The lowest BCUT2D eigenvalue weighted by molar-refractivity contribution is -0.132. The standard InChI is InChI=1S/C20H24N6O3/c1-13(2)18-23-20(29-24-18)15-5-4-12-26(15)17(27)7-3-6-16-22-19(25-28-16)14-8-10-21-11-9-14/h8-11,13,15H,3-7,12H2,1-2H3/t15-/m0/s1. The van der Waals surface area contributed by atoms with Crippen LogP contribution in [0.4, 0.5) is 0 Å². The Bertz CT molecular complexity index is 952. The monoisotopic (exact) mass is 396 g/mol. The second kappa shape index (κ2) is 8.50. The minimum Gasteiger partial charge on any atom is -0.339 e. The first-order valence-corrected chi connectivity index (χ1v) is 9.98. The van der Waals surface area contributed by atoms with Crippen molar-refractivity contribution in [2.75, 3.05) is 6.54 Å². The van der Waals surface area contributed by atoms with Crippen molar-refractivity contribution in [3.63, 3.8) is 0 Å². The number of nitrogens with zero attached hydrogens (tertiary/aromatic N) is 6. The van der Waals surface area contributed by atoms with Gasteiger partial charge < -0.3 is 13.9 Å². The van der Waals surface area contributed by atoms with Gasteiger partial charge in [-0.1, -0.05) is 24.2 Å². The van der Waals surface area contributed by atoms with Crippen LogP contribution in [0.3, 0.4) is 0 Å². The van der Waals surface area contributed by atoms with Crippen LogP contribution in [-0.4, -0.2) is 42.6 Å². The van der Waals surface area contributed by atoms with Crippen LogP contribution in [0, 0.1) is 0 Å². The van der Waals surface area contributed by atoms with Crippen LogP contribution in [0.15, 0.2) is 33.6 Å². The van der Waals surface area contributed by atoms with Crippen molar-refractivity contribution < 1.29 is 13.8 Å². The van der Waals surface area contributed by atoms with Crippen LogP contribution >= 0.6 is 0 Å². The van der Waals surface area contributed by atoms with Gasteiger partial charge in [-0.3, -0.25) is 9.78 Å². The molecule has 0 saturated carbocycles. The van der Waals surface area contributed by atoms with E-state index in [9.17, 15) is 4.79 Å². The Kier molecular flexibility index (Phi) is 5.64. The average Bonchev–Trinajstić information content (AvgIpc) is 3.47. The number of amides is 1. The minimum absolute atomic E-state index is 0.0886. The van der Waals surface area contributed by atoms with E-state index in [1.54, 1.807) is 12.4 Å². The summed E-state index contributed by atoms with van der Waals surface area (Å²) < 4.78 is 10.7. The topological polar surface area (TPSA) is 111 Å². The van der Waals surface area contributed by atoms with Gasteiger partial charge in [-0.15, -0.1) is 0 Å². The van der Waals surface area contributed by atoms with Gasteiger partial charge in [0, 0.05) is 43.3 Å². The number of hydrogen-bond acceptors (Lipinski definition) is 8. The zero-order valence-electron chi connectivity index (χ0n) is 16.6. The predicted octanol–water partition coefficient (Wildman–Crippen LogP) is 3.32. The van der Waals surface area contributed by atoms with Gasteiger partial charge in [0.05, 0.1) is 0 Å². The van der Waals surface area contributed by atoms with Crippen LogP contribution < -0.4 is 0 Å². The third-order valence-electron chi connectivity index (χ3n) is 5.02. The zero-order valence-corrected chi connectivity index (χ0v) is 16.6. The number of carbonyl (C=O) groups is 1. The van der Waals surface area contributed by atoms with Crippen molar-refractivity contribution in [3.05, 3.63) is 42.1 Å². The number of hydrogen-bond donors (Lipinski definition) is 0. The van der Waals surface area contributed by atoms with Gasteiger partial charge in [0.15, 0.2) is 5.82 Å². The van der Waals surface area contributed by atoms with Gasteiger partial charge in [0.25, 0.3) is 0 Å². The van der Waals surface area contributed by atoms with Gasteiger partial charge in [-0.05, 0) is 31.4 Å². The van der Waals surface area contributed by atoms with E-state index in [0.717, 1.165) is 24.9 Å². The average molecular weight is 396 g/mol. The minimum atomic E-state index is -0.121. The Morgan fingerprint density at radius 1 is 1.21 bits per heavy atom. The Labute approximate surface area is 168 Å². The number of aryl methyl sites for hydroxylation is 1. The van der Waals surface area contributed by atoms with Gasteiger partial charge in [0.2, 0.25) is 23.5 Å². The summed E-state index contributed by atoms with van der Waals surface area (Å²) in [6.45, 7) is 4.75. The number of likely N-dealkylation sites (tertiary alicyclic amines) is 1. The first kappa shape index (κ1) is 19.2. The van der Waals surface area contributed by atoms with Crippen LogP contribution in [-0.2, 0) is 11.2 Å². The number of aromatic nitrogens is 5. The Morgan fingerprint density at radius 2 is 2.03 bits per heavy atom. The Hall–Kier alpha value is -3.10. The molecule has 3 aromatic heterocycles. The van der Waals surface area contributed by atoms with E-state index in [1.165, 1.54) is 0 Å². The molecule has 3 aromatic rings. The fourth-order valence-corrected chi connectivity index (χ4v) is 3.45.